The van der Waals surface area contributed by atoms with Crippen molar-refractivity contribution in [3.05, 3.63) is 0 Å². The van der Waals surface area contributed by atoms with E-state index in [9.17, 15) is 0 Å². The summed E-state index contributed by atoms with van der Waals surface area (Å²) in [7, 11) is 0. The minimum absolute atomic E-state index is 0.855. The van der Waals surface area contributed by atoms with E-state index < -0.39 is 0 Å². The Balaban J connectivity index is 0.000000671. The van der Waals surface area contributed by atoms with Gasteiger partial charge in [0.05, 0.1) is 0 Å². The summed E-state index contributed by atoms with van der Waals surface area (Å²) < 4.78 is 0. The van der Waals surface area contributed by atoms with Gasteiger partial charge in [-0.15, -0.1) is 0 Å². The molecule has 0 aliphatic carbocycles. The number of rotatable bonds is 4. The zero-order chi connectivity index (χ0) is 9.94. The van der Waals surface area contributed by atoms with Crippen LogP contribution in [0.25, 0.3) is 0 Å². The molecule has 1 aliphatic heterocycles. The fourth-order valence-electron chi connectivity index (χ4n) is 1.66. The van der Waals surface area contributed by atoms with Crippen LogP contribution in [0.5, 0.6) is 0 Å². The van der Waals surface area contributed by atoms with Gasteiger partial charge in [0.1, 0.15) is 0 Å². The lowest BCUT2D eigenvalue weighted by Gasteiger charge is -2.26. The highest BCUT2D eigenvalue weighted by Gasteiger charge is 2.08. The number of hydrogen-bond donors (Lipinski definition) is 1. The van der Waals surface area contributed by atoms with Crippen molar-refractivity contribution in [2.75, 3.05) is 26.2 Å². The third-order valence-electron chi connectivity index (χ3n) is 2.38. The van der Waals surface area contributed by atoms with Crippen molar-refractivity contribution in [1.29, 1.82) is 0 Å². The quantitative estimate of drug-likeness (QED) is 0.682. The van der Waals surface area contributed by atoms with Gasteiger partial charge >= 0.3 is 0 Å². The fraction of sp³-hybridized carbons (Fsp3) is 1.00. The second-order valence-corrected chi connectivity index (χ2v) is 3.40. The highest BCUT2D eigenvalue weighted by atomic mass is 15.1. The first-order valence-electron chi connectivity index (χ1n) is 5.86. The molecule has 0 radical (unpaired) electrons. The van der Waals surface area contributed by atoms with Gasteiger partial charge < -0.3 is 10.6 Å². The normalized spacial score (nSPS) is 17.8. The average molecular weight is 186 g/mol. The van der Waals surface area contributed by atoms with Crippen LogP contribution in [0.3, 0.4) is 0 Å². The van der Waals surface area contributed by atoms with Crippen molar-refractivity contribution in [3.8, 4) is 0 Å². The summed E-state index contributed by atoms with van der Waals surface area (Å²) in [4.78, 5) is 2.57. The molecule has 0 aromatic carbocycles. The smallest absolute Gasteiger partial charge is 0.00183 e. The molecule has 0 aromatic rings. The van der Waals surface area contributed by atoms with E-state index in [4.69, 9.17) is 5.73 Å². The average Bonchev–Trinajstić information content (AvgIpc) is 2.23. The molecule has 0 spiro atoms. The third kappa shape index (κ3) is 7.03. The van der Waals surface area contributed by atoms with E-state index in [0.717, 1.165) is 6.54 Å². The zero-order valence-corrected chi connectivity index (χ0v) is 9.39. The molecule has 1 heterocycles. The molecule has 2 N–H and O–H groups in total. The van der Waals surface area contributed by atoms with Crippen molar-refractivity contribution in [2.45, 2.75) is 46.0 Å². The van der Waals surface area contributed by atoms with E-state index in [1.54, 1.807) is 0 Å². The Bertz CT molecular complexity index is 88.1. The minimum atomic E-state index is 0.855. The molecule has 1 saturated heterocycles. The van der Waals surface area contributed by atoms with Crippen molar-refractivity contribution in [3.63, 3.8) is 0 Å². The van der Waals surface area contributed by atoms with Gasteiger partial charge in [-0.3, -0.25) is 0 Å². The summed E-state index contributed by atoms with van der Waals surface area (Å²) in [6.45, 7) is 8.78. The molecule has 0 amide bonds. The number of piperidine rings is 1. The second-order valence-electron chi connectivity index (χ2n) is 3.40. The SMILES string of the molecule is CC.NCCCCN1CCCCC1. The predicted octanol–water partition coefficient (Wildman–Crippen LogP) is 2.24. The van der Waals surface area contributed by atoms with Crippen LogP contribution in [-0.2, 0) is 0 Å². The number of nitrogens with zero attached hydrogens (tertiary/aromatic N) is 1. The summed E-state index contributed by atoms with van der Waals surface area (Å²) in [6.07, 6.45) is 6.73. The molecule has 0 unspecified atom stereocenters. The maximum Gasteiger partial charge on any atom is -0.00183 e. The highest BCUT2D eigenvalue weighted by Crippen LogP contribution is 2.08. The molecule has 0 bridgehead atoms. The van der Waals surface area contributed by atoms with E-state index in [-0.39, 0.29) is 0 Å². The maximum atomic E-state index is 5.43. The molecule has 1 aliphatic rings. The molecule has 13 heavy (non-hydrogen) atoms. The first-order valence-corrected chi connectivity index (χ1v) is 5.86. The molecule has 80 valence electrons. The van der Waals surface area contributed by atoms with Crippen LogP contribution in [-0.4, -0.2) is 31.1 Å². The lowest BCUT2D eigenvalue weighted by molar-refractivity contribution is 0.225. The molecule has 2 heteroatoms. The fourth-order valence-corrected chi connectivity index (χ4v) is 1.66. The number of nitrogens with two attached hydrogens (primary N) is 1. The van der Waals surface area contributed by atoms with Crippen LogP contribution in [0.1, 0.15) is 46.0 Å². The highest BCUT2D eigenvalue weighted by molar-refractivity contribution is 4.63. The van der Waals surface area contributed by atoms with Crippen molar-refractivity contribution in [2.24, 2.45) is 5.73 Å². The molecule has 1 rings (SSSR count). The van der Waals surface area contributed by atoms with E-state index >= 15 is 0 Å². The van der Waals surface area contributed by atoms with E-state index in [1.165, 1.54) is 51.7 Å². The Morgan fingerprint density at radius 2 is 1.62 bits per heavy atom. The lowest BCUT2D eigenvalue weighted by Crippen LogP contribution is -2.30. The van der Waals surface area contributed by atoms with Crippen molar-refractivity contribution < 1.29 is 0 Å². The lowest BCUT2D eigenvalue weighted by atomic mass is 10.1. The summed E-state index contributed by atoms with van der Waals surface area (Å²) in [5.74, 6) is 0. The standard InChI is InChI=1S/C9H20N2.C2H6/c10-6-2-5-9-11-7-3-1-4-8-11;1-2/h1-10H2;1-2H3. The largest absolute Gasteiger partial charge is 0.330 e. The Morgan fingerprint density at radius 1 is 1.00 bits per heavy atom. The summed E-state index contributed by atoms with van der Waals surface area (Å²) in [5, 5.41) is 0. The molecule has 2 nitrogen and oxygen atoms in total. The molecular formula is C11H26N2. The number of hydrogen-bond acceptors (Lipinski definition) is 2. The first kappa shape index (κ1) is 12.9. The molecular weight excluding hydrogens is 160 g/mol. The number of unbranched alkanes of at least 4 members (excludes halogenated alkanes) is 1. The van der Waals surface area contributed by atoms with Gasteiger partial charge in [-0.05, 0) is 51.9 Å². The van der Waals surface area contributed by atoms with Gasteiger partial charge in [-0.2, -0.15) is 0 Å². The van der Waals surface area contributed by atoms with Crippen LogP contribution in [0.4, 0.5) is 0 Å². The van der Waals surface area contributed by atoms with Gasteiger partial charge in [-0.25, -0.2) is 0 Å². The van der Waals surface area contributed by atoms with Crippen molar-refractivity contribution in [1.82, 2.24) is 4.90 Å². The topological polar surface area (TPSA) is 29.3 Å². The molecule has 0 aromatic heterocycles. The maximum absolute atomic E-state index is 5.43. The van der Waals surface area contributed by atoms with Crippen molar-refractivity contribution >= 4 is 0 Å². The second kappa shape index (κ2) is 10.0. The van der Waals surface area contributed by atoms with Gasteiger partial charge in [-0.1, -0.05) is 20.3 Å². The summed E-state index contributed by atoms with van der Waals surface area (Å²) >= 11 is 0. The zero-order valence-electron chi connectivity index (χ0n) is 9.39. The van der Waals surface area contributed by atoms with Gasteiger partial charge in [0, 0.05) is 0 Å². The first-order chi connectivity index (χ1) is 6.43. The van der Waals surface area contributed by atoms with E-state index in [1.807, 2.05) is 13.8 Å². The van der Waals surface area contributed by atoms with Crippen LogP contribution in [0.15, 0.2) is 0 Å². The Kier molecular flexibility index (Phi) is 9.94. The monoisotopic (exact) mass is 186 g/mol. The third-order valence-corrected chi connectivity index (χ3v) is 2.38. The van der Waals surface area contributed by atoms with E-state index in [0.29, 0.717) is 0 Å². The Hall–Kier alpha value is -0.0800. The van der Waals surface area contributed by atoms with Gasteiger partial charge in [0.2, 0.25) is 0 Å². The van der Waals surface area contributed by atoms with E-state index in [2.05, 4.69) is 4.90 Å². The summed E-state index contributed by atoms with van der Waals surface area (Å²) in [5.41, 5.74) is 5.43. The molecule has 0 saturated carbocycles. The molecule has 0 atom stereocenters. The minimum Gasteiger partial charge on any atom is -0.330 e. The van der Waals surface area contributed by atoms with Crippen LogP contribution in [0, 0.1) is 0 Å². The molecule has 1 fully saturated rings. The summed E-state index contributed by atoms with van der Waals surface area (Å²) in [6, 6.07) is 0. The predicted molar refractivity (Wildman–Crippen MR) is 59.9 cm³/mol. The van der Waals surface area contributed by atoms with Gasteiger partial charge in [0.15, 0.2) is 0 Å². The Morgan fingerprint density at radius 3 is 2.15 bits per heavy atom. The van der Waals surface area contributed by atoms with Crippen LogP contribution < -0.4 is 5.73 Å². The number of likely N-dealkylation sites (tertiary alicyclic amines) is 1. The van der Waals surface area contributed by atoms with Crippen LogP contribution >= 0.6 is 0 Å². The Labute approximate surface area is 83.5 Å². The van der Waals surface area contributed by atoms with Gasteiger partial charge in [0.25, 0.3) is 0 Å². The van der Waals surface area contributed by atoms with Crippen LogP contribution in [0.2, 0.25) is 0 Å².